The Morgan fingerprint density at radius 2 is 1.69 bits per heavy atom. The van der Waals surface area contributed by atoms with Crippen molar-refractivity contribution in [1.29, 1.82) is 0 Å². The number of para-hydroxylation sites is 1. The van der Waals surface area contributed by atoms with E-state index < -0.39 is 35.6 Å². The monoisotopic (exact) mass is 569 g/mol. The molecule has 1 N–H and O–H groups in total. The molecule has 2 aromatic carbocycles. The Balaban J connectivity index is 1.49. The normalized spacial score (nSPS) is 29.5. The Morgan fingerprint density at radius 3 is 2.40 bits per heavy atom. The van der Waals surface area contributed by atoms with Crippen LogP contribution in [0.15, 0.2) is 72.8 Å². The number of carbonyl (C=O) groups excluding carboxylic acids is 3. The fraction of sp³-hybridized carbons (Fsp3) is 0.441. The van der Waals surface area contributed by atoms with Crippen LogP contribution in [0.5, 0.6) is 0 Å². The van der Waals surface area contributed by atoms with Gasteiger partial charge in [0.25, 0.3) is 5.91 Å². The molecule has 6 atom stereocenters. The maximum atomic E-state index is 14.7. The summed E-state index contributed by atoms with van der Waals surface area (Å²) in [6.45, 7) is 8.39. The first-order chi connectivity index (χ1) is 20.2. The van der Waals surface area contributed by atoms with E-state index in [0.717, 1.165) is 22.5 Å². The van der Waals surface area contributed by atoms with Crippen LogP contribution in [0, 0.1) is 31.6 Å². The molecule has 1 spiro atoms. The van der Waals surface area contributed by atoms with Crippen molar-refractivity contribution >= 4 is 29.1 Å². The molecule has 3 amide bonds. The van der Waals surface area contributed by atoms with Crippen LogP contribution in [0.1, 0.15) is 31.4 Å². The summed E-state index contributed by atoms with van der Waals surface area (Å²) in [7, 11) is 0. The molecule has 4 aliphatic heterocycles. The van der Waals surface area contributed by atoms with Gasteiger partial charge in [-0.05, 0) is 55.5 Å². The highest BCUT2D eigenvalue weighted by atomic mass is 16.5. The number of likely N-dealkylation sites (tertiary alicyclic amines) is 1. The second kappa shape index (κ2) is 10.8. The molecule has 0 aromatic heterocycles. The van der Waals surface area contributed by atoms with E-state index in [2.05, 4.69) is 0 Å². The highest BCUT2D eigenvalue weighted by Crippen LogP contribution is 2.54. The number of anilines is 2. The van der Waals surface area contributed by atoms with E-state index in [0.29, 0.717) is 19.5 Å². The topological polar surface area (TPSA) is 90.4 Å². The van der Waals surface area contributed by atoms with E-state index in [1.807, 2.05) is 101 Å². The van der Waals surface area contributed by atoms with Gasteiger partial charge in [0.15, 0.2) is 0 Å². The number of aliphatic hydroxyl groups excluding tert-OH is 1. The molecular formula is C34H39N3O5. The number of nitrogens with zero attached hydrogens (tertiary/aromatic N) is 3. The minimum Gasteiger partial charge on any atom is -0.394 e. The number of ether oxygens (including phenoxy) is 1. The van der Waals surface area contributed by atoms with Crippen LogP contribution in [0.25, 0.3) is 0 Å². The summed E-state index contributed by atoms with van der Waals surface area (Å²) < 4.78 is 6.79. The van der Waals surface area contributed by atoms with Crippen LogP contribution < -0.4 is 9.80 Å². The van der Waals surface area contributed by atoms with Crippen LogP contribution in [-0.2, 0) is 19.1 Å². The molecule has 2 aromatic rings. The minimum absolute atomic E-state index is 0.169. The van der Waals surface area contributed by atoms with Crippen molar-refractivity contribution in [2.24, 2.45) is 17.8 Å². The molecule has 4 aliphatic rings. The van der Waals surface area contributed by atoms with E-state index >= 15 is 0 Å². The maximum absolute atomic E-state index is 14.7. The van der Waals surface area contributed by atoms with Crippen molar-refractivity contribution in [2.45, 2.75) is 57.9 Å². The zero-order valence-electron chi connectivity index (χ0n) is 24.6. The molecule has 220 valence electrons. The smallest absolute Gasteiger partial charge is 0.253 e. The molecule has 42 heavy (non-hydrogen) atoms. The molecule has 0 bridgehead atoms. The predicted molar refractivity (Wildman–Crippen MR) is 161 cm³/mol. The highest BCUT2D eigenvalue weighted by molar-refractivity contribution is 6.07. The third kappa shape index (κ3) is 4.39. The largest absolute Gasteiger partial charge is 0.394 e. The Hall–Kier alpha value is -3.75. The Bertz CT molecular complexity index is 1450. The van der Waals surface area contributed by atoms with Gasteiger partial charge in [0.05, 0.1) is 30.6 Å². The van der Waals surface area contributed by atoms with Gasteiger partial charge in [0.2, 0.25) is 11.8 Å². The number of hydrogen-bond donors (Lipinski definition) is 1. The summed E-state index contributed by atoms with van der Waals surface area (Å²) in [5.74, 6) is -2.33. The van der Waals surface area contributed by atoms with Crippen LogP contribution in [0.4, 0.5) is 11.4 Å². The van der Waals surface area contributed by atoms with Crippen LogP contribution >= 0.6 is 0 Å². The van der Waals surface area contributed by atoms with E-state index in [1.165, 1.54) is 0 Å². The molecule has 4 heterocycles. The lowest BCUT2D eigenvalue weighted by molar-refractivity contribution is -0.144. The Morgan fingerprint density at radius 1 is 0.952 bits per heavy atom. The molecule has 8 heteroatoms. The lowest BCUT2D eigenvalue weighted by atomic mass is 9.77. The van der Waals surface area contributed by atoms with Gasteiger partial charge >= 0.3 is 0 Å². The summed E-state index contributed by atoms with van der Waals surface area (Å²) in [6, 6.07) is 13.8. The zero-order chi connectivity index (χ0) is 29.8. The SMILES string of the molecule is Cc1ccc(C)c(N2CC=C[C@]34O[C@H]5C=CCN(c6ccccc6)C(=O)[C@H]5[C@H]3C(=O)N([C@@H](CO)CC(C)C)C4C2=O)c1. The first kappa shape index (κ1) is 28.4. The van der Waals surface area contributed by atoms with Crippen LogP contribution in [0.2, 0.25) is 0 Å². The highest BCUT2D eigenvalue weighted by Gasteiger charge is 2.72. The predicted octanol–water partition coefficient (Wildman–Crippen LogP) is 3.80. The number of carbonyl (C=O) groups is 3. The third-order valence-electron chi connectivity index (χ3n) is 9.17. The second-order valence-corrected chi connectivity index (χ2v) is 12.4. The maximum Gasteiger partial charge on any atom is 0.253 e. The average Bonchev–Trinajstić information content (AvgIpc) is 3.29. The summed E-state index contributed by atoms with van der Waals surface area (Å²) in [4.78, 5) is 48.7. The molecular weight excluding hydrogens is 530 g/mol. The summed E-state index contributed by atoms with van der Waals surface area (Å²) in [5.41, 5.74) is 2.14. The van der Waals surface area contributed by atoms with Gasteiger partial charge in [-0.15, -0.1) is 0 Å². The molecule has 0 aliphatic carbocycles. The number of rotatable bonds is 6. The van der Waals surface area contributed by atoms with Gasteiger partial charge in [0.1, 0.15) is 11.6 Å². The van der Waals surface area contributed by atoms with Crippen molar-refractivity contribution in [2.75, 3.05) is 29.5 Å². The minimum atomic E-state index is -1.35. The van der Waals surface area contributed by atoms with Crippen molar-refractivity contribution in [3.63, 3.8) is 0 Å². The summed E-state index contributed by atoms with van der Waals surface area (Å²) >= 11 is 0. The standard InChI is InChI=1S/C34H39N3O5/c1-21(2)18-25(20-38)37-30-33(41)36(26-19-22(3)13-14-23(26)4)17-9-15-34(30)29(32(37)40)28-27(42-34)12-8-16-35(31(28)39)24-10-6-5-7-11-24/h5-15,19,21,25,27-30,38H,16-18,20H2,1-4H3/t25-,27+,28-,29+,30?,34+/m1/s1. The van der Waals surface area contributed by atoms with Gasteiger partial charge in [0, 0.05) is 24.5 Å². The van der Waals surface area contributed by atoms with Crippen LogP contribution in [-0.4, -0.2) is 71.2 Å². The quantitative estimate of drug-likeness (QED) is 0.535. The number of fused-ring (bicyclic) bond motifs is 2. The molecule has 1 unspecified atom stereocenters. The molecule has 2 fully saturated rings. The van der Waals surface area contributed by atoms with E-state index in [-0.39, 0.29) is 30.2 Å². The molecule has 0 radical (unpaired) electrons. The first-order valence-corrected chi connectivity index (χ1v) is 14.9. The second-order valence-electron chi connectivity index (χ2n) is 12.4. The van der Waals surface area contributed by atoms with E-state index in [9.17, 15) is 19.5 Å². The van der Waals surface area contributed by atoms with Gasteiger partial charge in [-0.25, -0.2) is 0 Å². The third-order valence-corrected chi connectivity index (χ3v) is 9.17. The molecule has 8 nitrogen and oxygen atoms in total. The van der Waals surface area contributed by atoms with E-state index in [4.69, 9.17) is 4.74 Å². The lowest BCUT2D eigenvalue weighted by Crippen LogP contribution is -2.58. The zero-order valence-corrected chi connectivity index (χ0v) is 24.6. The number of aryl methyl sites for hydroxylation is 2. The number of amides is 3. The fourth-order valence-corrected chi connectivity index (χ4v) is 7.36. The van der Waals surface area contributed by atoms with Crippen molar-refractivity contribution < 1.29 is 24.2 Å². The Kier molecular flexibility index (Phi) is 7.31. The number of aliphatic hydroxyl groups is 1. The van der Waals surface area contributed by atoms with Crippen molar-refractivity contribution in [3.05, 3.63) is 84.0 Å². The van der Waals surface area contributed by atoms with E-state index in [1.54, 1.807) is 14.7 Å². The average molecular weight is 570 g/mol. The fourth-order valence-electron chi connectivity index (χ4n) is 7.36. The summed E-state index contributed by atoms with van der Waals surface area (Å²) in [6.07, 6.45) is 7.39. The lowest BCUT2D eigenvalue weighted by Gasteiger charge is -2.39. The van der Waals surface area contributed by atoms with Gasteiger partial charge in [-0.2, -0.15) is 0 Å². The molecule has 6 rings (SSSR count). The Labute approximate surface area is 247 Å². The van der Waals surface area contributed by atoms with Gasteiger partial charge < -0.3 is 24.5 Å². The van der Waals surface area contributed by atoms with Crippen molar-refractivity contribution in [3.8, 4) is 0 Å². The first-order valence-electron chi connectivity index (χ1n) is 14.9. The molecule has 0 saturated carbocycles. The van der Waals surface area contributed by atoms with Gasteiger partial charge in [-0.1, -0.05) is 68.5 Å². The van der Waals surface area contributed by atoms with Crippen molar-refractivity contribution in [1.82, 2.24) is 4.90 Å². The molecule has 2 saturated heterocycles. The number of benzene rings is 2. The van der Waals surface area contributed by atoms with Gasteiger partial charge in [-0.3, -0.25) is 14.4 Å². The van der Waals surface area contributed by atoms with Crippen LogP contribution in [0.3, 0.4) is 0 Å². The number of hydrogen-bond acceptors (Lipinski definition) is 5. The summed E-state index contributed by atoms with van der Waals surface area (Å²) in [5, 5.41) is 10.6.